The van der Waals surface area contributed by atoms with Gasteiger partial charge in [0.2, 0.25) is 5.88 Å². The first-order valence-corrected chi connectivity index (χ1v) is 10.4. The molecule has 8 heteroatoms. The van der Waals surface area contributed by atoms with E-state index in [1.807, 2.05) is 41.3 Å². The zero-order valence-corrected chi connectivity index (χ0v) is 18.0. The minimum atomic E-state index is -0.138. The minimum absolute atomic E-state index is 0.138. The van der Waals surface area contributed by atoms with Crippen LogP contribution in [0, 0.1) is 5.92 Å². The van der Waals surface area contributed by atoms with Gasteiger partial charge in [-0.15, -0.1) is 0 Å². The molecule has 1 aliphatic heterocycles. The quantitative estimate of drug-likeness (QED) is 0.540. The van der Waals surface area contributed by atoms with E-state index in [1.165, 1.54) is 18.0 Å². The van der Waals surface area contributed by atoms with Crippen LogP contribution in [0.4, 0.5) is 10.5 Å². The van der Waals surface area contributed by atoms with Gasteiger partial charge in [-0.3, -0.25) is 0 Å². The van der Waals surface area contributed by atoms with E-state index in [0.717, 1.165) is 22.2 Å². The zero-order chi connectivity index (χ0) is 20.9. The fourth-order valence-corrected chi connectivity index (χ4v) is 3.58. The van der Waals surface area contributed by atoms with E-state index >= 15 is 0 Å². The van der Waals surface area contributed by atoms with E-state index in [0.29, 0.717) is 24.7 Å². The summed E-state index contributed by atoms with van der Waals surface area (Å²) in [5.41, 5.74) is 2.93. The molecule has 0 bridgehead atoms. The number of carbonyl (C=O) groups excluding carboxylic acids is 1. The molecule has 3 aromatic rings. The van der Waals surface area contributed by atoms with E-state index in [4.69, 9.17) is 9.26 Å². The van der Waals surface area contributed by atoms with Crippen LogP contribution in [-0.4, -0.2) is 34.2 Å². The highest BCUT2D eigenvalue weighted by Gasteiger charge is 2.24. The average Bonchev–Trinajstić information content (AvgIpc) is 3.24. The lowest BCUT2D eigenvalue weighted by molar-refractivity contribution is 0.198. The van der Waals surface area contributed by atoms with Crippen molar-refractivity contribution in [1.29, 1.82) is 0 Å². The van der Waals surface area contributed by atoms with Crippen molar-refractivity contribution in [3.05, 3.63) is 70.7 Å². The van der Waals surface area contributed by atoms with Gasteiger partial charge < -0.3 is 19.5 Å². The third-order valence-corrected chi connectivity index (χ3v) is 5.37. The number of nitrogens with one attached hydrogen (secondary N) is 1. The predicted molar refractivity (Wildman–Crippen MR) is 117 cm³/mol. The van der Waals surface area contributed by atoms with Gasteiger partial charge in [0, 0.05) is 29.8 Å². The van der Waals surface area contributed by atoms with Crippen LogP contribution in [0.25, 0.3) is 6.08 Å². The topological polar surface area (TPSA) is 80.5 Å². The summed E-state index contributed by atoms with van der Waals surface area (Å²) < 4.78 is 11.5. The maximum Gasteiger partial charge on any atom is 0.322 e. The Labute approximate surface area is 182 Å². The van der Waals surface area contributed by atoms with Crippen molar-refractivity contribution in [2.75, 3.05) is 18.4 Å². The van der Waals surface area contributed by atoms with E-state index < -0.39 is 0 Å². The number of rotatable bonds is 4. The SMILES string of the molecule is CC1CN(C(=O)Nc2cnoc2)CC/C1=C\c1cccc(Oc2ccc(Br)cn2)c1. The van der Waals surface area contributed by atoms with Gasteiger partial charge in [0.25, 0.3) is 0 Å². The van der Waals surface area contributed by atoms with Gasteiger partial charge in [-0.25, -0.2) is 9.78 Å². The van der Waals surface area contributed by atoms with Crippen molar-refractivity contribution in [1.82, 2.24) is 15.0 Å². The number of benzene rings is 1. The van der Waals surface area contributed by atoms with Gasteiger partial charge in [0.15, 0.2) is 0 Å². The number of halogens is 1. The summed E-state index contributed by atoms with van der Waals surface area (Å²) in [5, 5.41) is 6.39. The summed E-state index contributed by atoms with van der Waals surface area (Å²) in [5.74, 6) is 1.53. The number of pyridine rings is 1. The Morgan fingerprint density at radius 2 is 2.23 bits per heavy atom. The number of hydrogen-bond acceptors (Lipinski definition) is 5. The van der Waals surface area contributed by atoms with Crippen LogP contribution in [0.1, 0.15) is 18.9 Å². The van der Waals surface area contributed by atoms with E-state index in [1.54, 1.807) is 6.20 Å². The Balaban J connectivity index is 1.40. The zero-order valence-electron chi connectivity index (χ0n) is 16.4. The molecule has 1 saturated heterocycles. The highest BCUT2D eigenvalue weighted by Crippen LogP contribution is 2.27. The highest BCUT2D eigenvalue weighted by atomic mass is 79.9. The molecule has 0 radical (unpaired) electrons. The molecule has 30 heavy (non-hydrogen) atoms. The first-order valence-electron chi connectivity index (χ1n) is 9.62. The number of ether oxygens (including phenoxy) is 1. The Morgan fingerprint density at radius 3 is 2.97 bits per heavy atom. The minimum Gasteiger partial charge on any atom is -0.439 e. The summed E-state index contributed by atoms with van der Waals surface area (Å²) in [7, 11) is 0. The molecule has 2 aromatic heterocycles. The Kier molecular flexibility index (Phi) is 6.13. The van der Waals surface area contributed by atoms with Crippen molar-refractivity contribution in [2.45, 2.75) is 13.3 Å². The number of nitrogens with zero attached hydrogens (tertiary/aromatic N) is 3. The Bertz CT molecular complexity index is 1030. The molecule has 0 aliphatic carbocycles. The van der Waals surface area contributed by atoms with E-state index in [9.17, 15) is 4.79 Å². The molecule has 1 N–H and O–H groups in total. The second kappa shape index (κ2) is 9.13. The van der Waals surface area contributed by atoms with Crippen LogP contribution in [0.2, 0.25) is 0 Å². The van der Waals surface area contributed by atoms with Gasteiger partial charge in [-0.05, 0) is 52.0 Å². The summed E-state index contributed by atoms with van der Waals surface area (Å²) in [6.07, 6.45) is 7.60. The lowest BCUT2D eigenvalue weighted by Gasteiger charge is -2.33. The highest BCUT2D eigenvalue weighted by molar-refractivity contribution is 9.10. The van der Waals surface area contributed by atoms with Crippen LogP contribution >= 0.6 is 15.9 Å². The molecule has 154 valence electrons. The van der Waals surface area contributed by atoms with Gasteiger partial charge in [-0.1, -0.05) is 35.9 Å². The van der Waals surface area contributed by atoms with Gasteiger partial charge in [0.1, 0.15) is 17.7 Å². The van der Waals surface area contributed by atoms with E-state index in [2.05, 4.69) is 44.4 Å². The van der Waals surface area contributed by atoms with Crippen molar-refractivity contribution in [3.63, 3.8) is 0 Å². The van der Waals surface area contributed by atoms with E-state index in [-0.39, 0.29) is 11.9 Å². The van der Waals surface area contributed by atoms with Crippen LogP contribution in [0.5, 0.6) is 11.6 Å². The standard InChI is InChI=1S/C22H21BrN4O3/c1-15-13-27(22(28)26-19-12-25-29-14-19)8-7-17(15)9-16-3-2-4-20(10-16)30-21-6-5-18(23)11-24-21/h2-6,9-12,14-15H,7-8,13H2,1H3,(H,26,28)/b17-9+. The smallest absolute Gasteiger partial charge is 0.322 e. The summed E-state index contributed by atoms with van der Waals surface area (Å²) in [6, 6.07) is 11.5. The van der Waals surface area contributed by atoms with Crippen molar-refractivity contribution < 1.29 is 14.1 Å². The van der Waals surface area contributed by atoms with Gasteiger partial charge >= 0.3 is 6.03 Å². The maximum absolute atomic E-state index is 12.4. The number of likely N-dealkylation sites (tertiary alicyclic amines) is 1. The predicted octanol–water partition coefficient (Wildman–Crippen LogP) is 5.58. The molecule has 4 rings (SSSR count). The number of hydrogen-bond donors (Lipinski definition) is 1. The van der Waals surface area contributed by atoms with Crippen molar-refractivity contribution in [2.24, 2.45) is 5.92 Å². The van der Waals surface area contributed by atoms with Crippen LogP contribution < -0.4 is 10.1 Å². The molecule has 0 saturated carbocycles. The molecule has 1 fully saturated rings. The molecule has 1 atom stereocenters. The third kappa shape index (κ3) is 5.07. The number of aromatic nitrogens is 2. The lowest BCUT2D eigenvalue weighted by atomic mass is 9.91. The average molecular weight is 469 g/mol. The first kappa shape index (κ1) is 20.2. The molecule has 1 unspecified atom stereocenters. The number of carbonyl (C=O) groups is 1. The largest absolute Gasteiger partial charge is 0.439 e. The monoisotopic (exact) mass is 468 g/mol. The van der Waals surface area contributed by atoms with Crippen molar-refractivity contribution >= 4 is 33.7 Å². The molecular formula is C22H21BrN4O3. The number of piperidine rings is 1. The second-order valence-electron chi connectivity index (χ2n) is 7.15. The first-order chi connectivity index (χ1) is 14.6. The molecule has 1 aromatic carbocycles. The fourth-order valence-electron chi connectivity index (χ4n) is 3.34. The van der Waals surface area contributed by atoms with Gasteiger partial charge in [0.05, 0.1) is 6.20 Å². The fraction of sp³-hybridized carbons (Fsp3) is 0.227. The molecular weight excluding hydrogens is 448 g/mol. The van der Waals surface area contributed by atoms with Crippen molar-refractivity contribution in [3.8, 4) is 11.6 Å². The Hall–Kier alpha value is -3.13. The maximum atomic E-state index is 12.4. The van der Waals surface area contributed by atoms with Crippen LogP contribution in [-0.2, 0) is 0 Å². The molecule has 7 nitrogen and oxygen atoms in total. The number of urea groups is 1. The van der Waals surface area contributed by atoms with Gasteiger partial charge in [-0.2, -0.15) is 0 Å². The Morgan fingerprint density at radius 1 is 1.33 bits per heavy atom. The van der Waals surface area contributed by atoms with Crippen LogP contribution in [0.15, 0.2) is 69.6 Å². The molecule has 1 aliphatic rings. The molecule has 2 amide bonds. The molecule has 3 heterocycles. The summed E-state index contributed by atoms with van der Waals surface area (Å²) in [4.78, 5) is 18.5. The summed E-state index contributed by atoms with van der Waals surface area (Å²) in [6.45, 7) is 3.45. The number of anilines is 1. The second-order valence-corrected chi connectivity index (χ2v) is 8.06. The summed E-state index contributed by atoms with van der Waals surface area (Å²) >= 11 is 3.37. The normalized spacial score (nSPS) is 17.7. The van der Waals surface area contributed by atoms with Crippen LogP contribution in [0.3, 0.4) is 0 Å². The molecule has 0 spiro atoms. The number of amides is 2. The lowest BCUT2D eigenvalue weighted by Crippen LogP contribution is -2.42. The third-order valence-electron chi connectivity index (χ3n) is 4.90.